The lowest BCUT2D eigenvalue weighted by molar-refractivity contribution is 0.600. The Bertz CT molecular complexity index is 471. The molecule has 2 rings (SSSR count). The monoisotopic (exact) mass is 323 g/mol. The number of aromatic nitrogens is 2. The average molecular weight is 324 g/mol. The van der Waals surface area contributed by atoms with Crippen LogP contribution in [0.3, 0.4) is 0 Å². The lowest BCUT2D eigenvalue weighted by atomic mass is 10.2. The quantitative estimate of drug-likeness (QED) is 0.598. The molecule has 0 radical (unpaired) electrons. The summed E-state index contributed by atoms with van der Waals surface area (Å²) in [6.45, 7) is 8.88. The predicted molar refractivity (Wildman–Crippen MR) is 95.6 cm³/mol. The molecule has 0 amide bonds. The van der Waals surface area contributed by atoms with E-state index in [-0.39, 0.29) is 0 Å². The van der Waals surface area contributed by atoms with Gasteiger partial charge in [0.15, 0.2) is 5.96 Å². The van der Waals surface area contributed by atoms with Gasteiger partial charge < -0.3 is 10.6 Å². The van der Waals surface area contributed by atoms with Crippen LogP contribution >= 0.6 is 11.8 Å². The molecule has 0 aromatic carbocycles. The molecule has 0 saturated heterocycles. The Hall–Kier alpha value is -1.17. The minimum Gasteiger partial charge on any atom is -0.357 e. The van der Waals surface area contributed by atoms with Crippen LogP contribution in [0.15, 0.2) is 17.4 Å². The minimum atomic E-state index is 0.564. The molecule has 1 fully saturated rings. The van der Waals surface area contributed by atoms with E-state index in [2.05, 4.69) is 59.5 Å². The van der Waals surface area contributed by atoms with Crippen molar-refractivity contribution in [2.45, 2.75) is 57.9 Å². The second-order valence-corrected chi connectivity index (χ2v) is 7.35. The van der Waals surface area contributed by atoms with Crippen LogP contribution in [0, 0.1) is 6.92 Å². The number of guanidine groups is 1. The Balaban J connectivity index is 1.80. The molecule has 1 aliphatic carbocycles. The molecular formula is C16H29N5S. The molecule has 124 valence electrons. The fourth-order valence-electron chi connectivity index (χ4n) is 2.83. The van der Waals surface area contributed by atoms with E-state index in [4.69, 9.17) is 0 Å². The molecule has 1 aromatic heterocycles. The van der Waals surface area contributed by atoms with E-state index >= 15 is 0 Å². The number of hydrogen-bond acceptors (Lipinski definition) is 3. The summed E-state index contributed by atoms with van der Waals surface area (Å²) in [4.78, 5) is 4.68. The number of aliphatic imine (C=N–C) groups is 1. The summed E-state index contributed by atoms with van der Waals surface area (Å²) in [5.74, 6) is 2.16. The van der Waals surface area contributed by atoms with Crippen molar-refractivity contribution in [2.75, 3.05) is 18.8 Å². The fraction of sp³-hybridized carbons (Fsp3) is 0.750. The maximum absolute atomic E-state index is 4.68. The number of aryl methyl sites for hydroxylation is 1. The Labute approximate surface area is 138 Å². The lowest BCUT2D eigenvalue weighted by Crippen LogP contribution is -2.42. The van der Waals surface area contributed by atoms with Gasteiger partial charge in [0.2, 0.25) is 0 Å². The van der Waals surface area contributed by atoms with Crippen molar-refractivity contribution >= 4 is 17.7 Å². The van der Waals surface area contributed by atoms with Crippen molar-refractivity contribution in [1.82, 2.24) is 20.4 Å². The largest absolute Gasteiger partial charge is 0.357 e. The van der Waals surface area contributed by atoms with E-state index in [1.807, 2.05) is 10.9 Å². The zero-order valence-electron chi connectivity index (χ0n) is 14.0. The molecule has 0 spiro atoms. The van der Waals surface area contributed by atoms with Gasteiger partial charge in [0, 0.05) is 24.0 Å². The third kappa shape index (κ3) is 5.55. The van der Waals surface area contributed by atoms with Crippen molar-refractivity contribution in [1.29, 1.82) is 0 Å². The summed E-state index contributed by atoms with van der Waals surface area (Å²) in [5.41, 5.74) is 1.19. The first-order valence-corrected chi connectivity index (χ1v) is 9.41. The zero-order chi connectivity index (χ0) is 15.8. The van der Waals surface area contributed by atoms with Crippen LogP contribution < -0.4 is 10.6 Å². The number of hydrogen-bond donors (Lipinski definition) is 2. The van der Waals surface area contributed by atoms with E-state index < -0.39 is 0 Å². The maximum Gasteiger partial charge on any atom is 0.191 e. The molecule has 1 aliphatic rings. The van der Waals surface area contributed by atoms with Gasteiger partial charge in [-0.2, -0.15) is 16.9 Å². The van der Waals surface area contributed by atoms with Crippen LogP contribution in [0.2, 0.25) is 0 Å². The molecule has 22 heavy (non-hydrogen) atoms. The fourth-order valence-corrected chi connectivity index (χ4v) is 3.97. The highest BCUT2D eigenvalue weighted by Gasteiger charge is 2.24. The summed E-state index contributed by atoms with van der Waals surface area (Å²) in [6.07, 6.45) is 7.76. The van der Waals surface area contributed by atoms with Gasteiger partial charge in [-0.15, -0.1) is 0 Å². The number of nitrogens with zero attached hydrogens (tertiary/aromatic N) is 3. The molecule has 5 nitrogen and oxygen atoms in total. The normalized spacial score (nSPS) is 22.0. The van der Waals surface area contributed by atoms with Crippen molar-refractivity contribution < 1.29 is 0 Å². The molecule has 2 atom stereocenters. The third-order valence-electron chi connectivity index (χ3n) is 3.83. The molecule has 2 N–H and O–H groups in total. The second kappa shape index (κ2) is 9.08. The first kappa shape index (κ1) is 17.2. The average Bonchev–Trinajstić information content (AvgIpc) is 3.09. The molecule has 1 heterocycles. The van der Waals surface area contributed by atoms with E-state index in [1.165, 1.54) is 30.6 Å². The topological polar surface area (TPSA) is 54.2 Å². The van der Waals surface area contributed by atoms with Gasteiger partial charge in [-0.05, 0) is 44.4 Å². The summed E-state index contributed by atoms with van der Waals surface area (Å²) in [6, 6.07) is 0.564. The highest BCUT2D eigenvalue weighted by Crippen LogP contribution is 2.29. The van der Waals surface area contributed by atoms with Crippen molar-refractivity contribution in [3.05, 3.63) is 18.0 Å². The van der Waals surface area contributed by atoms with Gasteiger partial charge in [0.05, 0.1) is 19.3 Å². The van der Waals surface area contributed by atoms with Gasteiger partial charge in [-0.25, -0.2) is 0 Å². The molecule has 6 heteroatoms. The first-order chi connectivity index (χ1) is 10.7. The summed E-state index contributed by atoms with van der Waals surface area (Å²) < 4.78 is 1.95. The Morgan fingerprint density at radius 2 is 2.32 bits per heavy atom. The van der Waals surface area contributed by atoms with Gasteiger partial charge in [-0.3, -0.25) is 9.67 Å². The molecule has 1 aromatic rings. The molecular weight excluding hydrogens is 294 g/mol. The first-order valence-electron chi connectivity index (χ1n) is 8.36. The predicted octanol–water partition coefficient (Wildman–Crippen LogP) is 2.42. The SMILES string of the molecule is CCNC(=NCCn1cc(C)cn1)NC1CCC(SCC)C1. The molecule has 0 bridgehead atoms. The highest BCUT2D eigenvalue weighted by atomic mass is 32.2. The van der Waals surface area contributed by atoms with Crippen LogP contribution in [0.1, 0.15) is 38.7 Å². The number of thioether (sulfide) groups is 1. The third-order valence-corrected chi connectivity index (χ3v) is 5.07. The van der Waals surface area contributed by atoms with Crippen molar-refractivity contribution in [3.8, 4) is 0 Å². The zero-order valence-corrected chi connectivity index (χ0v) is 14.8. The Morgan fingerprint density at radius 1 is 1.45 bits per heavy atom. The number of nitrogens with one attached hydrogen (secondary N) is 2. The van der Waals surface area contributed by atoms with Crippen LogP contribution in [-0.2, 0) is 6.54 Å². The minimum absolute atomic E-state index is 0.564. The smallest absolute Gasteiger partial charge is 0.191 e. The van der Waals surface area contributed by atoms with Crippen molar-refractivity contribution in [3.63, 3.8) is 0 Å². The van der Waals surface area contributed by atoms with Gasteiger partial charge >= 0.3 is 0 Å². The highest BCUT2D eigenvalue weighted by molar-refractivity contribution is 7.99. The molecule has 0 aliphatic heterocycles. The Morgan fingerprint density at radius 3 is 3.00 bits per heavy atom. The van der Waals surface area contributed by atoms with E-state index in [0.29, 0.717) is 6.04 Å². The van der Waals surface area contributed by atoms with E-state index in [0.717, 1.165) is 30.8 Å². The van der Waals surface area contributed by atoms with Gasteiger partial charge in [-0.1, -0.05) is 6.92 Å². The van der Waals surface area contributed by atoms with Crippen LogP contribution in [0.25, 0.3) is 0 Å². The van der Waals surface area contributed by atoms with Gasteiger partial charge in [0.25, 0.3) is 0 Å². The van der Waals surface area contributed by atoms with Crippen LogP contribution in [0.4, 0.5) is 0 Å². The van der Waals surface area contributed by atoms with Crippen LogP contribution in [-0.4, -0.2) is 45.9 Å². The Kier molecular flexibility index (Phi) is 7.09. The van der Waals surface area contributed by atoms with E-state index in [1.54, 1.807) is 0 Å². The summed E-state index contributed by atoms with van der Waals surface area (Å²) in [5, 5.41) is 12.1. The maximum atomic E-state index is 4.68. The van der Waals surface area contributed by atoms with Gasteiger partial charge in [0.1, 0.15) is 0 Å². The summed E-state index contributed by atoms with van der Waals surface area (Å²) in [7, 11) is 0. The second-order valence-electron chi connectivity index (χ2n) is 5.77. The summed E-state index contributed by atoms with van der Waals surface area (Å²) >= 11 is 2.09. The molecule has 2 unspecified atom stereocenters. The molecule has 1 saturated carbocycles. The van der Waals surface area contributed by atoms with E-state index in [9.17, 15) is 0 Å². The number of rotatable bonds is 7. The lowest BCUT2D eigenvalue weighted by Gasteiger charge is -2.17. The van der Waals surface area contributed by atoms with Crippen molar-refractivity contribution in [2.24, 2.45) is 4.99 Å². The van der Waals surface area contributed by atoms with Crippen LogP contribution in [0.5, 0.6) is 0 Å². The standard InChI is InChI=1S/C16H29N5S/c1-4-17-16(18-8-9-21-12-13(3)11-19-21)20-14-6-7-15(10-14)22-5-2/h11-12,14-15H,4-10H2,1-3H3,(H2,17,18,20).